The number of thiazole rings is 1. The molecule has 31 heavy (non-hydrogen) atoms. The molecule has 1 aromatic heterocycles. The Morgan fingerprint density at radius 2 is 1.45 bits per heavy atom. The fraction of sp³-hybridized carbons (Fsp3) is 0.0400. The van der Waals surface area contributed by atoms with Gasteiger partial charge >= 0.3 is 0 Å². The molecule has 5 nitrogen and oxygen atoms in total. The minimum atomic E-state index is -0.362. The maximum absolute atomic E-state index is 13.5. The first-order valence-corrected chi connectivity index (χ1v) is 10.6. The van der Waals surface area contributed by atoms with E-state index in [1.807, 2.05) is 78.9 Å². The molecular formula is C25H17N3O2S. The van der Waals surface area contributed by atoms with E-state index in [1.165, 1.54) is 11.3 Å². The van der Waals surface area contributed by atoms with Crippen LogP contribution in [0.1, 0.15) is 33.1 Å². The summed E-state index contributed by atoms with van der Waals surface area (Å²) in [6, 6.07) is 26.5. The van der Waals surface area contributed by atoms with Crippen molar-refractivity contribution in [2.75, 3.05) is 0 Å². The number of hydrogen-bond acceptors (Lipinski definition) is 5. The van der Waals surface area contributed by atoms with Crippen molar-refractivity contribution in [1.82, 2.24) is 4.57 Å². The molecule has 5 rings (SSSR count). The summed E-state index contributed by atoms with van der Waals surface area (Å²) in [6.45, 7) is 0. The van der Waals surface area contributed by atoms with Crippen molar-refractivity contribution < 1.29 is 4.79 Å². The van der Waals surface area contributed by atoms with Crippen molar-refractivity contribution >= 4 is 29.4 Å². The third-order valence-electron chi connectivity index (χ3n) is 5.15. The maximum Gasteiger partial charge on any atom is 0.271 e. The van der Waals surface area contributed by atoms with E-state index in [9.17, 15) is 9.59 Å². The SMILES string of the molecule is O=Cc1ccc(/C=c2/sc3n(c2=O)[C@@H](c2ccccc2)C(c2ccccc2)=NN=3)cc1. The Labute approximate surface area is 182 Å². The third-order valence-corrected chi connectivity index (χ3v) is 6.13. The van der Waals surface area contributed by atoms with Crippen LogP contribution in [0.3, 0.4) is 0 Å². The van der Waals surface area contributed by atoms with Gasteiger partial charge in [0.15, 0.2) is 0 Å². The number of fused-ring (bicyclic) bond motifs is 1. The van der Waals surface area contributed by atoms with E-state index in [0.29, 0.717) is 14.9 Å². The molecule has 150 valence electrons. The first-order valence-electron chi connectivity index (χ1n) is 9.79. The van der Waals surface area contributed by atoms with Crippen LogP contribution in [0.2, 0.25) is 0 Å². The van der Waals surface area contributed by atoms with Gasteiger partial charge < -0.3 is 0 Å². The molecule has 0 N–H and O–H groups in total. The van der Waals surface area contributed by atoms with E-state index in [1.54, 1.807) is 16.7 Å². The Balaban J connectivity index is 1.69. The zero-order chi connectivity index (χ0) is 21.2. The van der Waals surface area contributed by atoms with Gasteiger partial charge in [-0.2, -0.15) is 0 Å². The van der Waals surface area contributed by atoms with Gasteiger partial charge in [0.05, 0.1) is 10.2 Å². The standard InChI is InChI=1S/C25H17N3O2S/c29-16-18-13-11-17(12-14-18)15-21-24(30)28-23(20-9-5-2-6-10-20)22(26-27-25(28)31-21)19-7-3-1-4-8-19/h1-16,23H/b21-15+/t23-/m0/s1. The van der Waals surface area contributed by atoms with E-state index >= 15 is 0 Å². The van der Waals surface area contributed by atoms with E-state index in [0.717, 1.165) is 28.7 Å². The van der Waals surface area contributed by atoms with E-state index < -0.39 is 0 Å². The minimum Gasteiger partial charge on any atom is -0.298 e. The fourth-order valence-electron chi connectivity index (χ4n) is 3.65. The van der Waals surface area contributed by atoms with Crippen molar-refractivity contribution in [2.45, 2.75) is 6.04 Å². The first-order chi connectivity index (χ1) is 15.2. The average Bonchev–Trinajstić information content (AvgIpc) is 3.15. The second kappa shape index (κ2) is 8.08. The molecule has 1 atom stereocenters. The fourth-order valence-corrected chi connectivity index (χ4v) is 4.59. The first kappa shape index (κ1) is 19.1. The second-order valence-corrected chi connectivity index (χ2v) is 8.13. The average molecular weight is 423 g/mol. The van der Waals surface area contributed by atoms with Gasteiger partial charge in [0.1, 0.15) is 12.3 Å². The molecule has 0 saturated heterocycles. The Bertz CT molecular complexity index is 1450. The number of nitrogens with zero attached hydrogens (tertiary/aromatic N) is 3. The molecular weight excluding hydrogens is 406 g/mol. The predicted molar refractivity (Wildman–Crippen MR) is 122 cm³/mol. The van der Waals surface area contributed by atoms with Crippen LogP contribution >= 0.6 is 11.3 Å². The van der Waals surface area contributed by atoms with Gasteiger partial charge in [-0.1, -0.05) is 96.3 Å². The van der Waals surface area contributed by atoms with Gasteiger partial charge in [-0.05, 0) is 17.2 Å². The highest BCUT2D eigenvalue weighted by molar-refractivity contribution is 7.07. The van der Waals surface area contributed by atoms with Crippen LogP contribution in [0.25, 0.3) is 6.08 Å². The molecule has 0 fully saturated rings. The van der Waals surface area contributed by atoms with Crippen LogP contribution in [0.15, 0.2) is 99.9 Å². The second-order valence-electron chi connectivity index (χ2n) is 7.12. The Morgan fingerprint density at radius 3 is 2.13 bits per heavy atom. The summed E-state index contributed by atoms with van der Waals surface area (Å²) in [7, 11) is 0. The summed E-state index contributed by atoms with van der Waals surface area (Å²) in [4.78, 5) is 24.9. The third kappa shape index (κ3) is 3.58. The van der Waals surface area contributed by atoms with Gasteiger partial charge in [-0.25, -0.2) is 0 Å². The number of aldehydes is 1. The Kier molecular flexibility index (Phi) is 4.98. The number of carbonyl (C=O) groups excluding carboxylic acids is 1. The summed E-state index contributed by atoms with van der Waals surface area (Å²) in [6.07, 6.45) is 2.63. The van der Waals surface area contributed by atoms with Crippen molar-refractivity contribution in [3.8, 4) is 0 Å². The van der Waals surface area contributed by atoms with Crippen LogP contribution in [0, 0.1) is 0 Å². The summed E-state index contributed by atoms with van der Waals surface area (Å²) >= 11 is 1.31. The van der Waals surface area contributed by atoms with Gasteiger partial charge in [-0.3, -0.25) is 14.2 Å². The van der Waals surface area contributed by atoms with E-state index in [2.05, 4.69) is 10.2 Å². The van der Waals surface area contributed by atoms with Crippen molar-refractivity contribution in [1.29, 1.82) is 0 Å². The molecule has 0 amide bonds. The van der Waals surface area contributed by atoms with Crippen LogP contribution in [-0.2, 0) is 0 Å². The molecule has 0 radical (unpaired) electrons. The summed E-state index contributed by atoms with van der Waals surface area (Å²) in [5.41, 5.74) is 3.98. The number of hydrogen-bond donors (Lipinski definition) is 0. The lowest BCUT2D eigenvalue weighted by Gasteiger charge is -2.22. The highest BCUT2D eigenvalue weighted by Crippen LogP contribution is 2.23. The smallest absolute Gasteiger partial charge is 0.271 e. The van der Waals surface area contributed by atoms with Gasteiger partial charge in [0.25, 0.3) is 5.56 Å². The zero-order valence-corrected chi connectivity index (χ0v) is 17.2. The largest absolute Gasteiger partial charge is 0.298 e. The van der Waals surface area contributed by atoms with E-state index in [4.69, 9.17) is 0 Å². The van der Waals surface area contributed by atoms with Crippen LogP contribution in [0.4, 0.5) is 0 Å². The van der Waals surface area contributed by atoms with Crippen LogP contribution in [0.5, 0.6) is 0 Å². The molecule has 1 aliphatic heterocycles. The summed E-state index contributed by atoms with van der Waals surface area (Å²) < 4.78 is 2.30. The lowest BCUT2D eigenvalue weighted by Crippen LogP contribution is -2.40. The molecule has 0 saturated carbocycles. The van der Waals surface area contributed by atoms with Crippen molar-refractivity contribution in [3.63, 3.8) is 0 Å². The van der Waals surface area contributed by atoms with Gasteiger partial charge in [0.2, 0.25) is 4.80 Å². The monoisotopic (exact) mass is 423 g/mol. The van der Waals surface area contributed by atoms with Gasteiger partial charge in [0, 0.05) is 11.1 Å². The van der Waals surface area contributed by atoms with Crippen molar-refractivity contribution in [3.05, 3.63) is 127 Å². The molecule has 0 aliphatic carbocycles. The Morgan fingerprint density at radius 1 is 0.806 bits per heavy atom. The topological polar surface area (TPSA) is 63.8 Å². The molecule has 1 aliphatic rings. The van der Waals surface area contributed by atoms with Crippen molar-refractivity contribution in [2.24, 2.45) is 10.2 Å². The summed E-state index contributed by atoms with van der Waals surface area (Å²) in [5, 5.41) is 8.90. The highest BCUT2D eigenvalue weighted by Gasteiger charge is 2.28. The highest BCUT2D eigenvalue weighted by atomic mass is 32.1. The molecule has 4 aromatic rings. The normalized spacial score (nSPS) is 15.7. The molecule has 2 heterocycles. The van der Waals surface area contributed by atoms with Crippen LogP contribution < -0.4 is 14.9 Å². The molecule has 6 heteroatoms. The number of carbonyl (C=O) groups is 1. The lowest BCUT2D eigenvalue weighted by molar-refractivity contribution is 0.112. The summed E-state index contributed by atoms with van der Waals surface area (Å²) in [5.74, 6) is 0. The van der Waals surface area contributed by atoms with Gasteiger partial charge in [-0.15, -0.1) is 10.2 Å². The Hall–Kier alpha value is -3.90. The minimum absolute atomic E-state index is 0.111. The number of aromatic nitrogens is 1. The lowest BCUT2D eigenvalue weighted by atomic mass is 9.96. The van der Waals surface area contributed by atoms with Crippen LogP contribution in [-0.4, -0.2) is 16.6 Å². The van der Waals surface area contributed by atoms with E-state index in [-0.39, 0.29) is 11.6 Å². The molecule has 0 spiro atoms. The number of benzene rings is 3. The maximum atomic E-state index is 13.5. The zero-order valence-electron chi connectivity index (χ0n) is 16.4. The molecule has 0 bridgehead atoms. The molecule has 0 unspecified atom stereocenters. The predicted octanol–water partition coefficient (Wildman–Crippen LogP) is 3.18. The molecule has 3 aromatic carbocycles. The quantitative estimate of drug-likeness (QED) is 0.473. The number of rotatable bonds is 4.